The number of hydrogen-bond acceptors (Lipinski definition) is 4. The number of hydrogen-bond donors (Lipinski definition) is 0. The van der Waals surface area contributed by atoms with Gasteiger partial charge < -0.3 is 17.7 Å². The molecule has 0 unspecified atom stereocenters. The smallest absolute Gasteiger partial charge is 0.192 e. The Morgan fingerprint density at radius 1 is 0.318 bits per heavy atom. The molecule has 0 bridgehead atoms. The van der Waals surface area contributed by atoms with Crippen molar-refractivity contribution in [3.63, 3.8) is 0 Å². The van der Waals surface area contributed by atoms with Crippen molar-refractivity contribution < 1.29 is 17.7 Å². The first kappa shape index (κ1) is 42.7. The van der Waals surface area contributed by atoms with Gasteiger partial charge in [0.2, 0.25) is 0 Å². The van der Waals surface area contributed by atoms with Crippen molar-refractivity contribution in [3.05, 3.63) is 0 Å². The van der Waals surface area contributed by atoms with E-state index in [2.05, 4.69) is 135 Å². The molecule has 8 heteroatoms. The van der Waals surface area contributed by atoms with Gasteiger partial charge in [0, 0.05) is 0 Å². The van der Waals surface area contributed by atoms with Crippen molar-refractivity contribution >= 4 is 33.3 Å². The molecule has 0 aromatic carbocycles. The topological polar surface area (TPSA) is 36.9 Å². The quantitative estimate of drug-likeness (QED) is 0.238. The van der Waals surface area contributed by atoms with E-state index in [0.717, 1.165) is 0 Å². The highest BCUT2D eigenvalue weighted by molar-refractivity contribution is 6.75. The largest absolute Gasteiger partial charge is 0.411 e. The summed E-state index contributed by atoms with van der Waals surface area (Å²) in [6.45, 7) is 46.8. The van der Waals surface area contributed by atoms with Crippen LogP contribution < -0.4 is 0 Å². The van der Waals surface area contributed by atoms with Gasteiger partial charge in [0.1, 0.15) is 0 Å². The highest BCUT2D eigenvalue weighted by Crippen LogP contribution is 2.44. The van der Waals surface area contributed by atoms with E-state index < -0.39 is 33.3 Å². The Balaban J connectivity index is 0.000000440. The molecule has 0 heterocycles. The van der Waals surface area contributed by atoms with Crippen molar-refractivity contribution in [3.8, 4) is 0 Å². The average molecular weight is 689 g/mol. The predicted octanol–water partition coefficient (Wildman–Crippen LogP) is 12.7. The van der Waals surface area contributed by atoms with E-state index in [-0.39, 0.29) is 20.2 Å². The van der Waals surface area contributed by atoms with Crippen LogP contribution in [0.1, 0.15) is 134 Å². The molecule has 2 fully saturated rings. The second kappa shape index (κ2) is 15.1. The molecular formula is C36H80O4Si4. The molecule has 0 aromatic rings. The molecule has 2 rings (SSSR count). The molecule has 2 aliphatic carbocycles. The fraction of sp³-hybridized carbons (Fsp3) is 1.00. The maximum Gasteiger partial charge on any atom is 0.192 e. The second-order valence-corrected chi connectivity index (χ2v) is 39.3. The monoisotopic (exact) mass is 689 g/mol. The summed E-state index contributed by atoms with van der Waals surface area (Å²) < 4.78 is 27.0. The van der Waals surface area contributed by atoms with Crippen LogP contribution in [0.2, 0.25) is 72.5 Å². The van der Waals surface area contributed by atoms with Crippen LogP contribution in [0, 0.1) is 0 Å². The lowest BCUT2D eigenvalue weighted by Crippen LogP contribution is -2.52. The minimum absolute atomic E-state index is 0.270. The first-order chi connectivity index (χ1) is 19.3. The molecule has 0 N–H and O–H groups in total. The van der Waals surface area contributed by atoms with Crippen LogP contribution in [0.15, 0.2) is 0 Å². The lowest BCUT2D eigenvalue weighted by molar-refractivity contribution is 0.00670. The summed E-state index contributed by atoms with van der Waals surface area (Å²) in [7, 11) is -6.88. The molecule has 4 nitrogen and oxygen atoms in total. The molecule has 264 valence electrons. The molecule has 4 atom stereocenters. The molecule has 0 spiro atoms. The average Bonchev–Trinajstić information content (AvgIpc) is 2.78. The summed E-state index contributed by atoms with van der Waals surface area (Å²) in [4.78, 5) is 0. The van der Waals surface area contributed by atoms with Crippen molar-refractivity contribution in [1.29, 1.82) is 0 Å². The minimum atomic E-state index is -1.72. The molecule has 0 radical (unpaired) electrons. The van der Waals surface area contributed by atoms with E-state index in [0.29, 0.717) is 24.4 Å². The van der Waals surface area contributed by atoms with E-state index in [9.17, 15) is 0 Å². The molecule has 0 amide bonds. The Kier molecular flexibility index (Phi) is 14.6. The van der Waals surface area contributed by atoms with Crippen molar-refractivity contribution in [1.82, 2.24) is 0 Å². The van der Waals surface area contributed by atoms with Crippen LogP contribution in [-0.2, 0) is 17.7 Å². The normalized spacial score (nSPS) is 25.4. The Hall–Kier alpha value is 0.708. The maximum absolute atomic E-state index is 6.75. The Morgan fingerprint density at radius 3 is 0.568 bits per heavy atom. The van der Waals surface area contributed by atoms with Gasteiger partial charge in [-0.3, -0.25) is 0 Å². The summed E-state index contributed by atoms with van der Waals surface area (Å²) in [5.74, 6) is 0. The lowest BCUT2D eigenvalue weighted by atomic mass is 9.95. The first-order valence-electron chi connectivity index (χ1n) is 18.1. The van der Waals surface area contributed by atoms with Crippen molar-refractivity contribution in [2.45, 2.75) is 231 Å². The van der Waals surface area contributed by atoms with Crippen LogP contribution in [0.4, 0.5) is 0 Å². The van der Waals surface area contributed by atoms with Gasteiger partial charge in [-0.1, -0.05) is 109 Å². The zero-order valence-electron chi connectivity index (χ0n) is 33.6. The van der Waals surface area contributed by atoms with Crippen molar-refractivity contribution in [2.24, 2.45) is 0 Å². The standard InChI is InChI=1S/2C18H40O2Si2/c2*1-17(2,3)21(7,8)19-15-13-11-12-14-16(15)20-22(9,10)18(4,5)6/h2*15-16H,11-14H2,1-10H3/t2*15-,16-/m10/s1. The Bertz CT molecular complexity index is 729. The van der Waals surface area contributed by atoms with E-state index in [4.69, 9.17) is 17.7 Å². The fourth-order valence-electron chi connectivity index (χ4n) is 4.89. The third-order valence-corrected chi connectivity index (χ3v) is 30.3. The summed E-state index contributed by atoms with van der Waals surface area (Å²) in [5, 5.41) is 1.08. The molecule has 2 aliphatic rings. The van der Waals surface area contributed by atoms with Crippen LogP contribution in [0.3, 0.4) is 0 Å². The van der Waals surface area contributed by atoms with Gasteiger partial charge in [0.25, 0.3) is 0 Å². The van der Waals surface area contributed by atoms with Gasteiger partial charge in [-0.25, -0.2) is 0 Å². The molecule has 0 saturated heterocycles. The fourth-order valence-corrected chi connectivity index (χ4v) is 10.4. The zero-order chi connectivity index (χ0) is 34.8. The van der Waals surface area contributed by atoms with Gasteiger partial charge in [-0.15, -0.1) is 0 Å². The highest BCUT2D eigenvalue weighted by Gasteiger charge is 2.46. The van der Waals surface area contributed by atoms with Crippen LogP contribution >= 0.6 is 0 Å². The van der Waals surface area contributed by atoms with Crippen LogP contribution in [-0.4, -0.2) is 57.7 Å². The van der Waals surface area contributed by atoms with Crippen molar-refractivity contribution in [2.75, 3.05) is 0 Å². The second-order valence-electron chi connectivity index (χ2n) is 20.2. The highest BCUT2D eigenvalue weighted by atomic mass is 28.4. The molecule has 2 saturated carbocycles. The van der Waals surface area contributed by atoms with Gasteiger partial charge in [0.05, 0.1) is 24.4 Å². The zero-order valence-corrected chi connectivity index (χ0v) is 37.6. The summed E-state index contributed by atoms with van der Waals surface area (Å²) in [6.07, 6.45) is 11.1. The van der Waals surface area contributed by atoms with Gasteiger partial charge in [-0.2, -0.15) is 0 Å². The SMILES string of the molecule is CC(C)(C)[Si](C)(C)O[C@@H]1CCCC[C@H]1O[Si](C)(C)C(C)(C)C.CC(C)(C)[Si](C)(C)O[C@H]1CCCC[C@@H]1O[Si](C)(C)C(C)(C)C. The van der Waals surface area contributed by atoms with Crippen LogP contribution in [0.25, 0.3) is 0 Å². The van der Waals surface area contributed by atoms with E-state index in [1.165, 1.54) is 51.4 Å². The van der Waals surface area contributed by atoms with Gasteiger partial charge >= 0.3 is 0 Å². The summed E-state index contributed by atoms with van der Waals surface area (Å²) in [5.41, 5.74) is 0. The summed E-state index contributed by atoms with van der Waals surface area (Å²) >= 11 is 0. The van der Waals surface area contributed by atoms with Gasteiger partial charge in [-0.05, 0) is 98.2 Å². The third-order valence-electron chi connectivity index (χ3n) is 12.3. The Labute approximate surface area is 281 Å². The maximum atomic E-state index is 6.75. The van der Waals surface area contributed by atoms with E-state index in [1.54, 1.807) is 0 Å². The predicted molar refractivity (Wildman–Crippen MR) is 205 cm³/mol. The van der Waals surface area contributed by atoms with Crippen LogP contribution in [0.5, 0.6) is 0 Å². The lowest BCUT2D eigenvalue weighted by Gasteiger charge is -2.46. The number of rotatable bonds is 8. The van der Waals surface area contributed by atoms with E-state index in [1.807, 2.05) is 0 Å². The molecule has 44 heavy (non-hydrogen) atoms. The molecule has 0 aromatic heterocycles. The van der Waals surface area contributed by atoms with E-state index >= 15 is 0 Å². The minimum Gasteiger partial charge on any atom is -0.411 e. The first-order valence-corrected chi connectivity index (χ1v) is 29.7. The molecule has 0 aliphatic heterocycles. The Morgan fingerprint density at radius 2 is 0.455 bits per heavy atom. The van der Waals surface area contributed by atoms with Gasteiger partial charge in [0.15, 0.2) is 33.3 Å². The molecular weight excluding hydrogens is 609 g/mol. The summed E-state index contributed by atoms with van der Waals surface area (Å²) in [6, 6.07) is 0. The third kappa shape index (κ3) is 12.0.